The van der Waals surface area contributed by atoms with Gasteiger partial charge >= 0.3 is 0 Å². The fraction of sp³-hybridized carbons (Fsp3) is 0.462. The number of rotatable bonds is 3. The van der Waals surface area contributed by atoms with Crippen molar-refractivity contribution in [2.45, 2.75) is 19.0 Å². The maximum Gasteiger partial charge on any atom is 0.268 e. The van der Waals surface area contributed by atoms with Crippen LogP contribution in [0.2, 0.25) is 0 Å². The Kier molecular flexibility index (Phi) is 3.16. The first-order valence-corrected chi connectivity index (χ1v) is 6.45. The predicted octanol–water partition coefficient (Wildman–Crippen LogP) is 0.424. The molecular formula is C13H17N5O. The molecule has 0 N–H and O–H groups in total. The van der Waals surface area contributed by atoms with Crippen molar-refractivity contribution in [1.82, 2.24) is 24.2 Å². The molecule has 3 rings (SSSR count). The summed E-state index contributed by atoms with van der Waals surface area (Å²) < 4.78 is 3.68. The molecule has 3 heterocycles. The zero-order valence-corrected chi connectivity index (χ0v) is 10.9. The quantitative estimate of drug-likeness (QED) is 0.802. The largest absolute Gasteiger partial charge is 0.312 e. The molecule has 100 valence electrons. The first kappa shape index (κ1) is 12.1. The maximum absolute atomic E-state index is 11.5. The lowest BCUT2D eigenvalue weighted by atomic mass is 10.3. The van der Waals surface area contributed by atoms with Gasteiger partial charge in [-0.1, -0.05) is 0 Å². The minimum atomic E-state index is -0.0553. The monoisotopic (exact) mass is 259 g/mol. The van der Waals surface area contributed by atoms with Crippen LogP contribution < -0.4 is 5.56 Å². The van der Waals surface area contributed by atoms with Crippen LogP contribution in [0.15, 0.2) is 35.6 Å². The number of hydrogen-bond acceptors (Lipinski definition) is 4. The summed E-state index contributed by atoms with van der Waals surface area (Å²) in [6.45, 7) is 2.75. The van der Waals surface area contributed by atoms with Crippen LogP contribution in [0.5, 0.6) is 0 Å². The Bertz CT molecular complexity index is 604. The summed E-state index contributed by atoms with van der Waals surface area (Å²) in [6.07, 6.45) is 8.03. The van der Waals surface area contributed by atoms with Crippen LogP contribution in [0.1, 0.15) is 18.2 Å². The number of nitrogens with zero attached hydrogens (tertiary/aromatic N) is 5. The molecule has 1 atom stereocenters. The third-order valence-corrected chi connectivity index (χ3v) is 3.70. The minimum absolute atomic E-state index is 0.0553. The van der Waals surface area contributed by atoms with Gasteiger partial charge in [-0.3, -0.25) is 19.4 Å². The fourth-order valence-electron chi connectivity index (χ4n) is 2.55. The lowest BCUT2D eigenvalue weighted by molar-refractivity contribution is 0.303. The molecule has 1 aliphatic heterocycles. The van der Waals surface area contributed by atoms with E-state index < -0.39 is 0 Å². The van der Waals surface area contributed by atoms with Crippen LogP contribution in [0, 0.1) is 0 Å². The smallest absolute Gasteiger partial charge is 0.268 e. The fourth-order valence-corrected chi connectivity index (χ4v) is 2.55. The SMILES string of the molecule is Cn1c(CN2CCC(n3cccn3)C2)cncc1=O. The van der Waals surface area contributed by atoms with Crippen LogP contribution in [0.3, 0.4) is 0 Å². The zero-order chi connectivity index (χ0) is 13.2. The van der Waals surface area contributed by atoms with Crippen LogP contribution in [-0.2, 0) is 13.6 Å². The normalized spacial score (nSPS) is 19.9. The second-order valence-corrected chi connectivity index (χ2v) is 4.96. The third kappa shape index (κ3) is 2.44. The molecule has 0 spiro atoms. The van der Waals surface area contributed by atoms with Crippen LogP contribution >= 0.6 is 0 Å². The van der Waals surface area contributed by atoms with E-state index >= 15 is 0 Å². The molecule has 1 aliphatic rings. The van der Waals surface area contributed by atoms with Gasteiger partial charge in [0.1, 0.15) is 0 Å². The van der Waals surface area contributed by atoms with E-state index in [0.29, 0.717) is 6.04 Å². The highest BCUT2D eigenvalue weighted by atomic mass is 16.1. The predicted molar refractivity (Wildman–Crippen MR) is 70.6 cm³/mol. The molecule has 0 aromatic carbocycles. The van der Waals surface area contributed by atoms with Crippen LogP contribution in [0.4, 0.5) is 0 Å². The van der Waals surface area contributed by atoms with Crippen LogP contribution in [0.25, 0.3) is 0 Å². The molecule has 2 aromatic heterocycles. The molecule has 0 bridgehead atoms. The van der Waals surface area contributed by atoms with Gasteiger partial charge in [0.05, 0.1) is 17.9 Å². The minimum Gasteiger partial charge on any atom is -0.312 e. The molecular weight excluding hydrogens is 242 g/mol. The van der Waals surface area contributed by atoms with E-state index in [2.05, 4.69) is 15.0 Å². The Morgan fingerprint density at radius 3 is 3.11 bits per heavy atom. The standard InChI is InChI=1S/C13H17N5O/c1-16-12(7-14-8-13(16)19)10-17-6-3-11(9-17)18-5-2-4-15-18/h2,4-5,7-8,11H,3,6,9-10H2,1H3. The summed E-state index contributed by atoms with van der Waals surface area (Å²) in [5, 5.41) is 4.29. The van der Waals surface area contributed by atoms with Crippen molar-refractivity contribution >= 4 is 0 Å². The topological polar surface area (TPSA) is 56.0 Å². The number of aromatic nitrogens is 4. The van der Waals surface area contributed by atoms with Gasteiger partial charge < -0.3 is 4.57 Å². The highest BCUT2D eigenvalue weighted by Gasteiger charge is 2.24. The molecule has 0 saturated carbocycles. The molecule has 0 aliphatic carbocycles. The van der Waals surface area contributed by atoms with Gasteiger partial charge in [0.2, 0.25) is 0 Å². The van der Waals surface area contributed by atoms with Gasteiger partial charge in [0, 0.05) is 45.3 Å². The summed E-state index contributed by atoms with van der Waals surface area (Å²) in [4.78, 5) is 17.8. The first-order valence-electron chi connectivity index (χ1n) is 6.45. The molecule has 0 radical (unpaired) electrons. The highest BCUT2D eigenvalue weighted by molar-refractivity contribution is 4.99. The Morgan fingerprint density at radius 1 is 1.42 bits per heavy atom. The molecule has 0 amide bonds. The zero-order valence-electron chi connectivity index (χ0n) is 10.9. The van der Waals surface area contributed by atoms with E-state index in [1.54, 1.807) is 17.8 Å². The van der Waals surface area contributed by atoms with Crippen molar-refractivity contribution in [3.63, 3.8) is 0 Å². The van der Waals surface area contributed by atoms with Crippen molar-refractivity contribution in [3.05, 3.63) is 46.9 Å². The summed E-state index contributed by atoms with van der Waals surface area (Å²) in [6, 6.07) is 2.39. The van der Waals surface area contributed by atoms with E-state index in [-0.39, 0.29) is 5.56 Å². The van der Waals surface area contributed by atoms with Crippen molar-refractivity contribution < 1.29 is 0 Å². The van der Waals surface area contributed by atoms with Crippen molar-refractivity contribution in [1.29, 1.82) is 0 Å². The Labute approximate surface area is 111 Å². The summed E-state index contributed by atoms with van der Waals surface area (Å²) in [5.74, 6) is 0. The van der Waals surface area contributed by atoms with E-state index in [1.165, 1.54) is 6.20 Å². The maximum atomic E-state index is 11.5. The Balaban J connectivity index is 1.69. The van der Waals surface area contributed by atoms with Gasteiger partial charge in [0.25, 0.3) is 5.56 Å². The Morgan fingerprint density at radius 2 is 2.32 bits per heavy atom. The van der Waals surface area contributed by atoms with Gasteiger partial charge in [-0.15, -0.1) is 0 Å². The average Bonchev–Trinajstić information content (AvgIpc) is 3.05. The lowest BCUT2D eigenvalue weighted by Gasteiger charge is -2.17. The third-order valence-electron chi connectivity index (χ3n) is 3.70. The first-order chi connectivity index (χ1) is 9.24. The molecule has 1 unspecified atom stereocenters. The molecule has 6 heteroatoms. The highest BCUT2D eigenvalue weighted by Crippen LogP contribution is 2.21. The summed E-state index contributed by atoms with van der Waals surface area (Å²) in [5.41, 5.74) is 0.897. The van der Waals surface area contributed by atoms with Gasteiger partial charge in [-0.2, -0.15) is 5.10 Å². The van der Waals surface area contributed by atoms with E-state index in [1.807, 2.05) is 23.1 Å². The molecule has 2 aromatic rings. The molecule has 6 nitrogen and oxygen atoms in total. The number of hydrogen-bond donors (Lipinski definition) is 0. The van der Waals surface area contributed by atoms with E-state index in [0.717, 1.165) is 31.7 Å². The van der Waals surface area contributed by atoms with Crippen molar-refractivity contribution in [3.8, 4) is 0 Å². The Hall–Kier alpha value is -1.95. The summed E-state index contributed by atoms with van der Waals surface area (Å²) in [7, 11) is 1.79. The lowest BCUT2D eigenvalue weighted by Crippen LogP contribution is -2.27. The van der Waals surface area contributed by atoms with E-state index in [4.69, 9.17) is 0 Å². The second-order valence-electron chi connectivity index (χ2n) is 4.96. The van der Waals surface area contributed by atoms with Gasteiger partial charge in [0.15, 0.2) is 0 Å². The molecule has 1 saturated heterocycles. The molecule has 1 fully saturated rings. The van der Waals surface area contributed by atoms with Crippen molar-refractivity contribution in [2.75, 3.05) is 13.1 Å². The van der Waals surface area contributed by atoms with Gasteiger partial charge in [-0.05, 0) is 12.5 Å². The number of likely N-dealkylation sites (tertiary alicyclic amines) is 1. The molecule has 19 heavy (non-hydrogen) atoms. The van der Waals surface area contributed by atoms with Crippen molar-refractivity contribution in [2.24, 2.45) is 7.05 Å². The average molecular weight is 259 g/mol. The van der Waals surface area contributed by atoms with Gasteiger partial charge in [-0.25, -0.2) is 0 Å². The van der Waals surface area contributed by atoms with Crippen LogP contribution in [-0.4, -0.2) is 37.3 Å². The summed E-state index contributed by atoms with van der Waals surface area (Å²) >= 11 is 0. The van der Waals surface area contributed by atoms with E-state index in [9.17, 15) is 4.79 Å². The second kappa shape index (κ2) is 4.97.